The molecular weight excluding hydrogens is 242 g/mol. The molecule has 19 heavy (non-hydrogen) atoms. The molecular formula is C14H23N3O2. The van der Waals surface area contributed by atoms with Crippen LogP contribution in [-0.4, -0.2) is 47.3 Å². The van der Waals surface area contributed by atoms with Crippen molar-refractivity contribution in [3.05, 3.63) is 36.7 Å². The Bertz CT molecular complexity index is 390. The van der Waals surface area contributed by atoms with Crippen LogP contribution in [0, 0.1) is 0 Å². The molecule has 0 aromatic heterocycles. The van der Waals surface area contributed by atoms with E-state index in [4.69, 9.17) is 9.94 Å². The molecule has 0 spiro atoms. The molecule has 1 rings (SSSR count). The lowest BCUT2D eigenvalue weighted by molar-refractivity contribution is -0.000585. The van der Waals surface area contributed by atoms with Crippen LogP contribution in [0.1, 0.15) is 20.3 Å². The highest BCUT2D eigenvalue weighted by Crippen LogP contribution is 2.17. The largest absolute Gasteiger partial charge is 0.411 e. The number of hydrogen-bond acceptors (Lipinski definition) is 5. The third kappa shape index (κ3) is 4.44. The highest BCUT2D eigenvalue weighted by molar-refractivity contribution is 5.64. The van der Waals surface area contributed by atoms with Gasteiger partial charge in [-0.2, -0.15) is 0 Å². The van der Waals surface area contributed by atoms with E-state index >= 15 is 0 Å². The molecule has 0 saturated carbocycles. The predicted molar refractivity (Wildman–Crippen MR) is 76.8 cm³/mol. The molecule has 0 radical (unpaired) electrons. The molecule has 106 valence electrons. The lowest BCUT2D eigenvalue weighted by Crippen LogP contribution is -2.40. The summed E-state index contributed by atoms with van der Waals surface area (Å²) < 4.78 is 5.87. The van der Waals surface area contributed by atoms with Crippen LogP contribution < -0.4 is 0 Å². The Kier molecular flexibility index (Phi) is 5.63. The summed E-state index contributed by atoms with van der Waals surface area (Å²) in [5, 5.41) is 11.8. The Morgan fingerprint density at radius 3 is 2.68 bits per heavy atom. The summed E-state index contributed by atoms with van der Waals surface area (Å²) in [5.41, 5.74) is 2.04. The van der Waals surface area contributed by atoms with Gasteiger partial charge in [0.15, 0.2) is 0 Å². The molecule has 1 heterocycles. The van der Waals surface area contributed by atoms with Gasteiger partial charge in [-0.15, -0.1) is 6.58 Å². The summed E-state index contributed by atoms with van der Waals surface area (Å²) in [6, 6.07) is 0. The summed E-state index contributed by atoms with van der Waals surface area (Å²) in [7, 11) is 1.91. The maximum atomic E-state index is 8.67. The van der Waals surface area contributed by atoms with E-state index < -0.39 is 0 Å². The van der Waals surface area contributed by atoms with Crippen LogP contribution in [0.5, 0.6) is 0 Å². The van der Waals surface area contributed by atoms with Crippen LogP contribution in [0.2, 0.25) is 0 Å². The summed E-state index contributed by atoms with van der Waals surface area (Å²) in [6.07, 6.45) is 5.87. The maximum Gasteiger partial charge on any atom is 0.142 e. The predicted octanol–water partition coefficient (Wildman–Crippen LogP) is 2.38. The fourth-order valence-electron chi connectivity index (χ4n) is 1.84. The Morgan fingerprint density at radius 1 is 1.47 bits per heavy atom. The molecule has 0 aliphatic carbocycles. The zero-order chi connectivity index (χ0) is 14.4. The molecule has 5 nitrogen and oxygen atoms in total. The van der Waals surface area contributed by atoms with Gasteiger partial charge in [-0.25, -0.2) is 0 Å². The van der Waals surface area contributed by atoms with Gasteiger partial charge in [0.05, 0.1) is 12.3 Å². The minimum absolute atomic E-state index is 0.0384. The van der Waals surface area contributed by atoms with Gasteiger partial charge < -0.3 is 19.7 Å². The second kappa shape index (κ2) is 6.99. The Morgan fingerprint density at radius 2 is 2.16 bits per heavy atom. The molecule has 1 aliphatic heterocycles. The first-order chi connectivity index (χ1) is 8.95. The first kappa shape index (κ1) is 15.3. The lowest BCUT2D eigenvalue weighted by Gasteiger charge is -2.28. The quantitative estimate of drug-likeness (QED) is 0.332. The molecule has 0 fully saturated rings. The van der Waals surface area contributed by atoms with Crippen molar-refractivity contribution in [2.24, 2.45) is 5.16 Å². The monoisotopic (exact) mass is 265 g/mol. The van der Waals surface area contributed by atoms with E-state index in [1.807, 2.05) is 43.1 Å². The standard InChI is InChI=1S/C14H23N3O2/c1-11(2)8-13(12(3)4)19-10-17-7-6-16(5)14(17)9-15-18/h6-7,9,13-14,18H,1,3,8,10H2,2,4-5H3/b15-9-. The maximum absolute atomic E-state index is 8.67. The van der Waals surface area contributed by atoms with Gasteiger partial charge in [0.2, 0.25) is 0 Å². The highest BCUT2D eigenvalue weighted by atomic mass is 16.5. The number of hydrogen-bond donors (Lipinski definition) is 1. The van der Waals surface area contributed by atoms with Crippen LogP contribution in [0.25, 0.3) is 0 Å². The van der Waals surface area contributed by atoms with Crippen molar-refractivity contribution in [1.82, 2.24) is 9.80 Å². The molecule has 0 aromatic carbocycles. The summed E-state index contributed by atoms with van der Waals surface area (Å²) in [6.45, 7) is 12.2. The van der Waals surface area contributed by atoms with Crippen LogP contribution >= 0.6 is 0 Å². The summed E-state index contributed by atoms with van der Waals surface area (Å²) in [4.78, 5) is 3.87. The van der Waals surface area contributed by atoms with Crippen molar-refractivity contribution in [1.29, 1.82) is 0 Å². The third-order valence-corrected chi connectivity index (χ3v) is 2.96. The van der Waals surface area contributed by atoms with Crippen LogP contribution in [0.15, 0.2) is 41.9 Å². The molecule has 0 bridgehead atoms. The molecule has 1 N–H and O–H groups in total. The molecule has 0 amide bonds. The van der Waals surface area contributed by atoms with E-state index in [9.17, 15) is 0 Å². The van der Waals surface area contributed by atoms with Crippen LogP contribution in [0.4, 0.5) is 0 Å². The summed E-state index contributed by atoms with van der Waals surface area (Å²) in [5.74, 6) is 0. The van der Waals surface area contributed by atoms with E-state index in [-0.39, 0.29) is 12.3 Å². The van der Waals surface area contributed by atoms with Crippen molar-refractivity contribution in [2.45, 2.75) is 32.5 Å². The van der Waals surface area contributed by atoms with E-state index in [0.29, 0.717) is 6.73 Å². The van der Waals surface area contributed by atoms with Crippen LogP contribution in [0.3, 0.4) is 0 Å². The van der Waals surface area contributed by atoms with E-state index in [1.165, 1.54) is 6.21 Å². The van der Waals surface area contributed by atoms with E-state index in [2.05, 4.69) is 18.3 Å². The molecule has 0 saturated heterocycles. The van der Waals surface area contributed by atoms with Gasteiger partial charge in [-0.3, -0.25) is 0 Å². The fourth-order valence-corrected chi connectivity index (χ4v) is 1.84. The van der Waals surface area contributed by atoms with Gasteiger partial charge in [0.1, 0.15) is 12.9 Å². The van der Waals surface area contributed by atoms with Gasteiger partial charge >= 0.3 is 0 Å². The molecule has 0 aromatic rings. The minimum Gasteiger partial charge on any atom is -0.411 e. The van der Waals surface area contributed by atoms with Crippen molar-refractivity contribution in [2.75, 3.05) is 13.8 Å². The first-order valence-corrected chi connectivity index (χ1v) is 6.20. The Hall–Kier alpha value is -1.75. The zero-order valence-corrected chi connectivity index (χ0v) is 11.9. The van der Waals surface area contributed by atoms with Gasteiger partial charge in [-0.1, -0.05) is 22.9 Å². The van der Waals surface area contributed by atoms with Crippen molar-refractivity contribution in [3.63, 3.8) is 0 Å². The smallest absolute Gasteiger partial charge is 0.142 e. The first-order valence-electron chi connectivity index (χ1n) is 6.20. The second-order valence-corrected chi connectivity index (χ2v) is 4.95. The van der Waals surface area contributed by atoms with Gasteiger partial charge in [-0.05, 0) is 20.3 Å². The van der Waals surface area contributed by atoms with Gasteiger partial charge in [0.25, 0.3) is 0 Å². The third-order valence-electron chi connectivity index (χ3n) is 2.96. The fraction of sp³-hybridized carbons (Fsp3) is 0.500. The average Bonchev–Trinajstić information content (AvgIpc) is 2.66. The summed E-state index contributed by atoms with van der Waals surface area (Å²) >= 11 is 0. The van der Waals surface area contributed by atoms with Crippen LogP contribution in [-0.2, 0) is 4.74 Å². The zero-order valence-electron chi connectivity index (χ0n) is 11.9. The Labute approximate surface area is 115 Å². The molecule has 2 unspecified atom stereocenters. The minimum atomic E-state index is -0.124. The SMILES string of the molecule is C=C(C)CC(OCN1C=CN(C)C1/C=N\O)C(=C)C. The number of rotatable bonds is 7. The van der Waals surface area contributed by atoms with E-state index in [0.717, 1.165) is 17.6 Å². The number of ether oxygens (including phenoxy) is 1. The molecule has 5 heteroatoms. The highest BCUT2D eigenvalue weighted by Gasteiger charge is 2.23. The topological polar surface area (TPSA) is 48.3 Å². The van der Waals surface area contributed by atoms with Gasteiger partial charge in [0, 0.05) is 19.4 Å². The lowest BCUT2D eigenvalue weighted by atomic mass is 10.1. The average molecular weight is 265 g/mol. The normalized spacial score (nSPS) is 20.3. The second-order valence-electron chi connectivity index (χ2n) is 4.95. The van der Waals surface area contributed by atoms with Crippen molar-refractivity contribution >= 4 is 6.21 Å². The van der Waals surface area contributed by atoms with Crippen molar-refractivity contribution < 1.29 is 9.94 Å². The number of nitrogens with zero attached hydrogens (tertiary/aromatic N) is 3. The molecule has 2 atom stereocenters. The Balaban J connectivity index is 2.56. The molecule has 1 aliphatic rings. The van der Waals surface area contributed by atoms with Crippen molar-refractivity contribution in [3.8, 4) is 0 Å². The number of oxime groups is 1. The van der Waals surface area contributed by atoms with E-state index in [1.54, 1.807) is 0 Å².